The average Bonchev–Trinajstić information content (AvgIpc) is 2.16. The van der Waals surface area contributed by atoms with Gasteiger partial charge in [-0.1, -0.05) is 0 Å². The van der Waals surface area contributed by atoms with Crippen LogP contribution in [0.3, 0.4) is 0 Å². The van der Waals surface area contributed by atoms with Crippen LogP contribution in [0.25, 0.3) is 0 Å². The highest BCUT2D eigenvalue weighted by Crippen LogP contribution is 2.23. The molecule has 0 unspecified atom stereocenters. The molecule has 0 heterocycles. The van der Waals surface area contributed by atoms with Crippen LogP contribution in [0, 0.1) is 5.41 Å². The van der Waals surface area contributed by atoms with Gasteiger partial charge in [0.15, 0.2) is 0 Å². The quantitative estimate of drug-likeness (QED) is 0.652. The van der Waals surface area contributed by atoms with Crippen LogP contribution in [0.5, 0.6) is 0 Å². The van der Waals surface area contributed by atoms with Gasteiger partial charge in [0.05, 0.1) is 24.9 Å². The SMILES string of the molecule is CCOC(=O)CSCC(C)(C)C(=O)OC. The largest absolute Gasteiger partial charge is 0.469 e. The zero-order valence-electron chi connectivity index (χ0n) is 9.66. The smallest absolute Gasteiger partial charge is 0.315 e. The van der Waals surface area contributed by atoms with Gasteiger partial charge in [-0.2, -0.15) is 0 Å². The second kappa shape index (κ2) is 6.71. The summed E-state index contributed by atoms with van der Waals surface area (Å²) in [5, 5.41) is 0. The second-order valence-electron chi connectivity index (χ2n) is 3.67. The first-order valence-electron chi connectivity index (χ1n) is 4.75. The summed E-state index contributed by atoms with van der Waals surface area (Å²) in [7, 11) is 1.36. The molecule has 0 rings (SSSR count). The number of esters is 2. The summed E-state index contributed by atoms with van der Waals surface area (Å²) in [4.78, 5) is 22.3. The number of thioether (sulfide) groups is 1. The molecule has 0 aromatic heterocycles. The van der Waals surface area contributed by atoms with E-state index in [4.69, 9.17) is 4.74 Å². The van der Waals surface area contributed by atoms with Gasteiger partial charge in [-0.05, 0) is 20.8 Å². The molecule has 0 fully saturated rings. The molecule has 0 atom stereocenters. The van der Waals surface area contributed by atoms with Crippen molar-refractivity contribution in [2.45, 2.75) is 20.8 Å². The molecule has 0 radical (unpaired) electrons. The molecule has 0 saturated heterocycles. The van der Waals surface area contributed by atoms with Crippen LogP contribution < -0.4 is 0 Å². The third-order valence-corrected chi connectivity index (χ3v) is 3.09. The Morgan fingerprint density at radius 1 is 1.33 bits per heavy atom. The van der Waals surface area contributed by atoms with Gasteiger partial charge in [0.25, 0.3) is 0 Å². The van der Waals surface area contributed by atoms with Crippen molar-refractivity contribution in [3.8, 4) is 0 Å². The Hall–Kier alpha value is -0.710. The standard InChI is InChI=1S/C10H18O4S/c1-5-14-8(11)6-15-7-10(2,3)9(12)13-4/h5-7H2,1-4H3. The molecule has 88 valence electrons. The van der Waals surface area contributed by atoms with Gasteiger partial charge in [0.2, 0.25) is 0 Å². The zero-order chi connectivity index (χ0) is 11.9. The zero-order valence-corrected chi connectivity index (χ0v) is 10.5. The molecule has 15 heavy (non-hydrogen) atoms. The molecule has 0 aliphatic rings. The van der Waals surface area contributed by atoms with Crippen LogP contribution in [-0.4, -0.2) is 37.2 Å². The summed E-state index contributed by atoms with van der Waals surface area (Å²) in [6, 6.07) is 0. The van der Waals surface area contributed by atoms with Crippen molar-refractivity contribution in [3.63, 3.8) is 0 Å². The molecule has 0 aromatic carbocycles. The summed E-state index contributed by atoms with van der Waals surface area (Å²) in [5.41, 5.74) is -0.564. The summed E-state index contributed by atoms with van der Waals surface area (Å²) in [5.74, 6) is 0.300. The fourth-order valence-corrected chi connectivity index (χ4v) is 1.91. The maximum Gasteiger partial charge on any atom is 0.315 e. The summed E-state index contributed by atoms with van der Waals surface area (Å²) in [6.07, 6.45) is 0. The third-order valence-electron chi connectivity index (χ3n) is 1.73. The van der Waals surface area contributed by atoms with Crippen molar-refractivity contribution in [2.24, 2.45) is 5.41 Å². The van der Waals surface area contributed by atoms with Crippen LogP contribution >= 0.6 is 11.8 Å². The van der Waals surface area contributed by atoms with Crippen molar-refractivity contribution in [3.05, 3.63) is 0 Å². The molecular formula is C10H18O4S. The molecule has 0 saturated carbocycles. The van der Waals surface area contributed by atoms with Crippen LogP contribution in [0.15, 0.2) is 0 Å². The minimum absolute atomic E-state index is 0.247. The van der Waals surface area contributed by atoms with Crippen molar-refractivity contribution in [1.82, 2.24) is 0 Å². The molecule has 0 amide bonds. The highest BCUT2D eigenvalue weighted by atomic mass is 32.2. The van der Waals surface area contributed by atoms with Gasteiger partial charge in [0.1, 0.15) is 0 Å². The molecule has 0 aliphatic heterocycles. The number of hydrogen-bond acceptors (Lipinski definition) is 5. The average molecular weight is 234 g/mol. The molecule has 0 aromatic rings. The third kappa shape index (κ3) is 5.67. The fourth-order valence-electron chi connectivity index (χ4n) is 0.927. The first-order chi connectivity index (χ1) is 6.94. The number of methoxy groups -OCH3 is 1. The molecule has 5 heteroatoms. The lowest BCUT2D eigenvalue weighted by atomic mass is 9.97. The van der Waals surface area contributed by atoms with E-state index in [1.807, 2.05) is 0 Å². The van der Waals surface area contributed by atoms with Gasteiger partial charge < -0.3 is 9.47 Å². The van der Waals surface area contributed by atoms with Crippen LogP contribution in [-0.2, 0) is 19.1 Å². The lowest BCUT2D eigenvalue weighted by molar-refractivity contribution is -0.149. The van der Waals surface area contributed by atoms with Gasteiger partial charge in [0, 0.05) is 5.75 Å². The topological polar surface area (TPSA) is 52.6 Å². The molecular weight excluding hydrogens is 216 g/mol. The van der Waals surface area contributed by atoms with Crippen LogP contribution in [0.2, 0.25) is 0 Å². The number of carbonyl (C=O) groups is 2. The Labute approximate surface area is 94.7 Å². The van der Waals surface area contributed by atoms with Gasteiger partial charge in [-0.25, -0.2) is 0 Å². The van der Waals surface area contributed by atoms with Crippen molar-refractivity contribution in [2.75, 3.05) is 25.2 Å². The van der Waals surface area contributed by atoms with Gasteiger partial charge >= 0.3 is 11.9 Å². The van der Waals surface area contributed by atoms with E-state index in [0.717, 1.165) is 0 Å². The Morgan fingerprint density at radius 3 is 2.40 bits per heavy atom. The Bertz CT molecular complexity index is 225. The van der Waals surface area contributed by atoms with E-state index in [2.05, 4.69) is 4.74 Å². The monoisotopic (exact) mass is 234 g/mol. The second-order valence-corrected chi connectivity index (χ2v) is 4.66. The first-order valence-corrected chi connectivity index (χ1v) is 5.91. The number of hydrogen-bond donors (Lipinski definition) is 0. The van der Waals surface area contributed by atoms with E-state index >= 15 is 0 Å². The summed E-state index contributed by atoms with van der Waals surface area (Å²) >= 11 is 1.38. The van der Waals surface area contributed by atoms with E-state index in [9.17, 15) is 9.59 Å². The van der Waals surface area contributed by atoms with E-state index in [1.54, 1.807) is 20.8 Å². The minimum atomic E-state index is -0.564. The highest BCUT2D eigenvalue weighted by Gasteiger charge is 2.28. The molecule has 4 nitrogen and oxygen atoms in total. The number of rotatable bonds is 6. The van der Waals surface area contributed by atoms with E-state index in [0.29, 0.717) is 12.4 Å². The van der Waals surface area contributed by atoms with Gasteiger partial charge in [-0.3, -0.25) is 9.59 Å². The normalized spacial score (nSPS) is 10.9. The molecule has 0 bridgehead atoms. The summed E-state index contributed by atoms with van der Waals surface area (Å²) < 4.78 is 9.42. The Kier molecular flexibility index (Phi) is 6.40. The van der Waals surface area contributed by atoms with E-state index < -0.39 is 5.41 Å². The Balaban J connectivity index is 3.84. The predicted molar refractivity (Wildman–Crippen MR) is 59.8 cm³/mol. The van der Waals surface area contributed by atoms with E-state index in [1.165, 1.54) is 18.9 Å². The lowest BCUT2D eigenvalue weighted by Crippen LogP contribution is -2.28. The Morgan fingerprint density at radius 2 is 1.93 bits per heavy atom. The highest BCUT2D eigenvalue weighted by molar-refractivity contribution is 7.99. The molecule has 0 aliphatic carbocycles. The van der Waals surface area contributed by atoms with Crippen molar-refractivity contribution in [1.29, 1.82) is 0 Å². The number of ether oxygens (including phenoxy) is 2. The lowest BCUT2D eigenvalue weighted by Gasteiger charge is -2.20. The van der Waals surface area contributed by atoms with Crippen LogP contribution in [0.1, 0.15) is 20.8 Å². The number of carbonyl (C=O) groups excluding carboxylic acids is 2. The molecule has 0 N–H and O–H groups in total. The maximum absolute atomic E-state index is 11.3. The van der Waals surface area contributed by atoms with Crippen LogP contribution in [0.4, 0.5) is 0 Å². The predicted octanol–water partition coefficient (Wildman–Crippen LogP) is 1.48. The van der Waals surface area contributed by atoms with Crippen molar-refractivity contribution >= 4 is 23.7 Å². The first kappa shape index (κ1) is 14.3. The van der Waals surface area contributed by atoms with E-state index in [-0.39, 0.29) is 17.7 Å². The summed E-state index contributed by atoms with van der Waals surface area (Å²) in [6.45, 7) is 5.73. The minimum Gasteiger partial charge on any atom is -0.469 e. The maximum atomic E-state index is 11.3. The van der Waals surface area contributed by atoms with Crippen molar-refractivity contribution < 1.29 is 19.1 Å². The van der Waals surface area contributed by atoms with Gasteiger partial charge in [-0.15, -0.1) is 11.8 Å². The fraction of sp³-hybridized carbons (Fsp3) is 0.800. The molecule has 0 spiro atoms.